The summed E-state index contributed by atoms with van der Waals surface area (Å²) in [4.78, 5) is 32.6. The molecule has 7 rings (SSSR count). The van der Waals surface area contributed by atoms with Gasteiger partial charge in [0.1, 0.15) is 11.8 Å². The molecule has 4 aromatic rings. The maximum absolute atomic E-state index is 17.1. The van der Waals surface area contributed by atoms with Crippen LogP contribution in [0.1, 0.15) is 52.0 Å². The Kier molecular flexibility index (Phi) is 10.7. The van der Waals surface area contributed by atoms with Crippen molar-refractivity contribution in [2.45, 2.75) is 69.8 Å². The van der Waals surface area contributed by atoms with Gasteiger partial charge in [-0.3, -0.25) is 4.90 Å². The van der Waals surface area contributed by atoms with Gasteiger partial charge in [0.05, 0.1) is 5.54 Å². The van der Waals surface area contributed by atoms with Crippen LogP contribution in [-0.2, 0) is 16.5 Å². The van der Waals surface area contributed by atoms with E-state index in [0.717, 1.165) is 23.4 Å². The van der Waals surface area contributed by atoms with E-state index >= 15 is 8.78 Å². The molecule has 2 aromatic carbocycles. The van der Waals surface area contributed by atoms with E-state index in [9.17, 15) is 9.18 Å². The van der Waals surface area contributed by atoms with Gasteiger partial charge >= 0.3 is 206 Å². The van der Waals surface area contributed by atoms with Crippen LogP contribution in [0, 0.1) is 21.0 Å². The van der Waals surface area contributed by atoms with Gasteiger partial charge in [0.2, 0.25) is 0 Å². The second-order valence-corrected chi connectivity index (χ2v) is 27.3. The standard InChI is InChI=1S/C37H38F3N6O3.PS.Tl/c1-6-25-28(39)12-11-22-9-7-10-26(29(22)25)31-30(40)32-27(18-41-31)33(44(5)24-13-16-45(20-24)35(47)49-36(2,3)4)43-34(42-32)48-21-37-14-8-15-46(37)19-23(38)17-37;1-2;/h7,9-12,18,23-24H,8,13-17,19-21H2,2-5H3;;/q;-1;+2/t23-,24-,37-;;/m1../s1. The molecule has 3 aliphatic rings. The molecule has 3 aliphatic heterocycles. The third-order valence-corrected chi connectivity index (χ3v) is 16.4. The number of carbonyl (C=O) groups is 1. The van der Waals surface area contributed by atoms with Gasteiger partial charge in [-0.1, -0.05) is 0 Å². The molecule has 0 aliphatic carbocycles. The molecular formula is C37H38F3N6O3PSTl+. The van der Waals surface area contributed by atoms with Crippen molar-refractivity contribution in [2.75, 3.05) is 44.7 Å². The zero-order valence-corrected chi connectivity index (χ0v) is 35.7. The first-order chi connectivity index (χ1) is 24.9. The molecule has 0 unspecified atom stereocenters. The summed E-state index contributed by atoms with van der Waals surface area (Å²) in [5.41, 5.74) is -0.559. The molecule has 0 radical (unpaired) electrons. The zero-order valence-electron chi connectivity index (χ0n) is 29.5. The number of benzene rings is 2. The number of amides is 1. The Labute approximate surface area is 317 Å². The summed E-state index contributed by atoms with van der Waals surface area (Å²) in [5.74, 6) is 2.17. The molecule has 0 N–H and O–H groups in total. The molecule has 15 heteroatoms. The Balaban J connectivity index is 1.32. The number of anilines is 1. The Morgan fingerprint density at radius 3 is 2.81 bits per heavy atom. The van der Waals surface area contributed by atoms with Crippen molar-refractivity contribution >= 4 is 72.5 Å². The second-order valence-electron chi connectivity index (χ2n) is 14.7. The predicted octanol–water partition coefficient (Wildman–Crippen LogP) is 6.86. The maximum atomic E-state index is 17.1. The first-order valence-corrected chi connectivity index (χ1v) is 27.6. The summed E-state index contributed by atoms with van der Waals surface area (Å²) < 4.78 is 62.8. The topological polar surface area (TPSA) is 83.9 Å². The Bertz CT molecular complexity index is 2190. The number of ether oxygens (including phenoxy) is 2. The van der Waals surface area contributed by atoms with Gasteiger partial charge in [-0.05, 0) is 46.6 Å². The summed E-state index contributed by atoms with van der Waals surface area (Å²) in [6, 6.07) is 8.11. The molecule has 3 saturated heterocycles. The van der Waals surface area contributed by atoms with E-state index in [2.05, 4.69) is 24.3 Å². The molecule has 0 spiro atoms. The van der Waals surface area contributed by atoms with Crippen LogP contribution in [0.25, 0.3) is 32.9 Å². The van der Waals surface area contributed by atoms with Gasteiger partial charge in [-0.2, -0.15) is 0 Å². The number of nitrogens with zero attached hydrogens (tertiary/aromatic N) is 6. The van der Waals surface area contributed by atoms with Crippen LogP contribution in [0.2, 0.25) is 0 Å². The number of halogens is 3. The summed E-state index contributed by atoms with van der Waals surface area (Å²) in [6.07, 6.45) is 2.90. The minimum Gasteiger partial charge on any atom is -0.444 e. The van der Waals surface area contributed by atoms with Gasteiger partial charge in [-0.25, -0.2) is 9.18 Å². The number of likely N-dealkylation sites (N-methyl/N-ethyl adjacent to an activating group) is 1. The van der Waals surface area contributed by atoms with E-state index < -0.39 is 58.1 Å². The van der Waals surface area contributed by atoms with Gasteiger partial charge in [0.25, 0.3) is 0 Å². The quantitative estimate of drug-likeness (QED) is 0.117. The number of carbonyl (C=O) groups excluding carboxylic acids is 1. The normalized spacial score (nSPS) is 21.5. The third-order valence-electron chi connectivity index (χ3n) is 10.1. The fourth-order valence-corrected chi connectivity index (χ4v) is 11.2. The molecule has 5 heterocycles. The number of hydrogen-bond acceptors (Lipinski definition) is 9. The van der Waals surface area contributed by atoms with Crippen LogP contribution in [0.5, 0.6) is 6.01 Å². The number of rotatable bonds is 6. The summed E-state index contributed by atoms with van der Waals surface area (Å²) in [7, 11) is 1.84. The number of fused-ring (bicyclic) bond motifs is 3. The number of pyridine rings is 1. The number of aromatic nitrogens is 3. The molecule has 2 aromatic heterocycles. The number of alkyl halides is 1. The first kappa shape index (κ1) is 37.3. The molecule has 3 atom stereocenters. The van der Waals surface area contributed by atoms with E-state index in [1.807, 2.05) is 38.8 Å². The van der Waals surface area contributed by atoms with E-state index in [0.29, 0.717) is 60.0 Å². The van der Waals surface area contributed by atoms with E-state index in [1.165, 1.54) is 12.3 Å². The SMILES string of the molecule is CN(c1nc(OC[C@]23CCCN2C[C@H](F)C3)nc2c(F)c(-c3cccc4ccc(F)c(C#[C][Tl]=[P+]=S)c34)ncc12)[C@@H]1CCN(C(=O)OC(C)(C)C)C1. The van der Waals surface area contributed by atoms with Crippen molar-refractivity contribution in [2.24, 2.45) is 0 Å². The van der Waals surface area contributed by atoms with Crippen LogP contribution in [0.15, 0.2) is 36.5 Å². The van der Waals surface area contributed by atoms with Crippen molar-refractivity contribution in [3.05, 3.63) is 53.7 Å². The number of hydrogen-bond donors (Lipinski definition) is 0. The monoisotopic (exact) mass is 939 g/mol. The average Bonchev–Trinajstić information content (AvgIpc) is 3.82. The van der Waals surface area contributed by atoms with Crippen LogP contribution >= 0.6 is 4.00 Å². The van der Waals surface area contributed by atoms with E-state index in [1.54, 1.807) is 23.1 Å². The molecule has 3 fully saturated rings. The van der Waals surface area contributed by atoms with Crippen LogP contribution in [0.3, 0.4) is 0 Å². The first-order valence-electron chi connectivity index (χ1n) is 17.3. The van der Waals surface area contributed by atoms with E-state index in [-0.39, 0.29) is 35.4 Å². The van der Waals surface area contributed by atoms with Gasteiger partial charge in [0.15, 0.2) is 0 Å². The molecule has 9 nitrogen and oxygen atoms in total. The molecule has 0 saturated carbocycles. The Morgan fingerprint density at radius 1 is 1.19 bits per heavy atom. The zero-order chi connectivity index (χ0) is 36.8. The van der Waals surface area contributed by atoms with Crippen LogP contribution in [0.4, 0.5) is 23.8 Å². The van der Waals surface area contributed by atoms with E-state index in [4.69, 9.17) is 26.3 Å². The van der Waals surface area contributed by atoms with Crippen molar-refractivity contribution < 1.29 is 27.4 Å². The molecule has 52 heavy (non-hydrogen) atoms. The smallest absolute Gasteiger partial charge is 0.444 e. The van der Waals surface area contributed by atoms with Gasteiger partial charge in [0, 0.05) is 26.1 Å². The summed E-state index contributed by atoms with van der Waals surface area (Å²) >= 11 is 3.56. The van der Waals surface area contributed by atoms with Crippen molar-refractivity contribution in [3.8, 4) is 26.7 Å². The van der Waals surface area contributed by atoms with Crippen LogP contribution in [-0.4, -0.2) is 117 Å². The van der Waals surface area contributed by atoms with Gasteiger partial charge in [-0.15, -0.1) is 0 Å². The fourth-order valence-electron chi connectivity index (χ4n) is 7.72. The molecule has 1 amide bonds. The average molecular weight is 939 g/mol. The van der Waals surface area contributed by atoms with Crippen molar-refractivity contribution in [1.82, 2.24) is 24.8 Å². The Morgan fingerprint density at radius 2 is 2.02 bits per heavy atom. The predicted molar refractivity (Wildman–Crippen MR) is 200 cm³/mol. The molecule has 268 valence electrons. The van der Waals surface area contributed by atoms with Crippen molar-refractivity contribution in [1.29, 1.82) is 0 Å². The molecular weight excluding hydrogens is 901 g/mol. The summed E-state index contributed by atoms with van der Waals surface area (Å²) in [6.45, 7) is 7.65. The Hall–Kier alpha value is -3.06. The molecule has 0 bridgehead atoms. The van der Waals surface area contributed by atoms with Crippen molar-refractivity contribution in [3.63, 3.8) is 0 Å². The minimum absolute atomic E-state index is 0.0108. The third kappa shape index (κ3) is 7.37. The fraction of sp³-hybridized carbons (Fsp3) is 0.459. The minimum atomic E-state index is -1.53. The number of likely N-dealkylation sites (tertiary alicyclic amines) is 1. The van der Waals surface area contributed by atoms with Crippen LogP contribution < -0.4 is 9.64 Å². The summed E-state index contributed by atoms with van der Waals surface area (Å²) in [5, 5.41) is 1.51. The van der Waals surface area contributed by atoms with Gasteiger partial charge < -0.3 is 9.64 Å². The second kappa shape index (κ2) is 15.0.